The van der Waals surface area contributed by atoms with Crippen LogP contribution < -0.4 is 5.32 Å². The third-order valence-electron chi connectivity index (χ3n) is 1.96. The van der Waals surface area contributed by atoms with Crippen molar-refractivity contribution in [1.82, 2.24) is 4.98 Å². The molecule has 1 heterocycles. The van der Waals surface area contributed by atoms with E-state index in [9.17, 15) is 0 Å². The molecule has 1 aliphatic carbocycles. The topological polar surface area (TPSA) is 24.9 Å². The Bertz CT molecular complexity index is 253. The summed E-state index contributed by atoms with van der Waals surface area (Å²) in [5.41, 5.74) is 1.24. The molecule has 0 aliphatic heterocycles. The van der Waals surface area contributed by atoms with Crippen LogP contribution in [0.15, 0.2) is 5.38 Å². The Labute approximate surface area is 77.0 Å². The van der Waals surface area contributed by atoms with E-state index in [0.717, 1.165) is 17.6 Å². The van der Waals surface area contributed by atoms with Crippen LogP contribution in [0, 0.1) is 0 Å². The number of thiazole rings is 1. The van der Waals surface area contributed by atoms with E-state index in [4.69, 9.17) is 0 Å². The third-order valence-corrected chi connectivity index (χ3v) is 2.79. The molecule has 2 rings (SSSR count). The van der Waals surface area contributed by atoms with Gasteiger partial charge >= 0.3 is 0 Å². The molecule has 12 heavy (non-hydrogen) atoms. The van der Waals surface area contributed by atoms with Gasteiger partial charge in [-0.15, -0.1) is 11.3 Å². The van der Waals surface area contributed by atoms with Gasteiger partial charge in [0, 0.05) is 11.4 Å². The van der Waals surface area contributed by atoms with Crippen molar-refractivity contribution >= 4 is 16.5 Å². The monoisotopic (exact) mass is 182 g/mol. The third kappa shape index (κ3) is 1.97. The van der Waals surface area contributed by atoms with Crippen LogP contribution in [0.25, 0.3) is 0 Å². The summed E-state index contributed by atoms with van der Waals surface area (Å²) in [7, 11) is 0. The average molecular weight is 182 g/mol. The summed E-state index contributed by atoms with van der Waals surface area (Å²) in [6.45, 7) is 2.19. The van der Waals surface area contributed by atoms with Gasteiger partial charge < -0.3 is 5.32 Å². The van der Waals surface area contributed by atoms with Crippen molar-refractivity contribution in [2.75, 3.05) is 5.32 Å². The first-order valence-corrected chi connectivity index (χ1v) is 5.47. The van der Waals surface area contributed by atoms with E-state index in [0.29, 0.717) is 0 Å². The fraction of sp³-hybridized carbons (Fsp3) is 0.667. The zero-order valence-corrected chi connectivity index (χ0v) is 8.16. The molecule has 1 aliphatic rings. The van der Waals surface area contributed by atoms with Gasteiger partial charge in [0.25, 0.3) is 0 Å². The van der Waals surface area contributed by atoms with Crippen LogP contribution in [0.1, 0.15) is 31.9 Å². The number of hydrogen-bond donors (Lipinski definition) is 1. The minimum atomic E-state index is 0.727. The molecule has 2 nitrogen and oxygen atoms in total. The number of hydrogen-bond acceptors (Lipinski definition) is 3. The Morgan fingerprint density at radius 1 is 1.67 bits per heavy atom. The van der Waals surface area contributed by atoms with Crippen LogP contribution in [-0.4, -0.2) is 11.0 Å². The summed E-state index contributed by atoms with van der Waals surface area (Å²) in [6.07, 6.45) is 4.95. The van der Waals surface area contributed by atoms with Crippen LogP contribution in [0.5, 0.6) is 0 Å². The molecule has 0 unspecified atom stereocenters. The predicted molar refractivity (Wildman–Crippen MR) is 52.8 cm³/mol. The van der Waals surface area contributed by atoms with Gasteiger partial charge in [-0.05, 0) is 19.3 Å². The molecule has 1 N–H and O–H groups in total. The number of nitrogens with one attached hydrogen (secondary N) is 1. The highest BCUT2D eigenvalue weighted by Gasteiger charge is 2.21. The Kier molecular flexibility index (Phi) is 2.30. The lowest BCUT2D eigenvalue weighted by Crippen LogP contribution is -1.99. The van der Waals surface area contributed by atoms with Crippen molar-refractivity contribution in [3.63, 3.8) is 0 Å². The van der Waals surface area contributed by atoms with E-state index in [-0.39, 0.29) is 0 Å². The van der Waals surface area contributed by atoms with Crippen LogP contribution in [0.3, 0.4) is 0 Å². The highest BCUT2D eigenvalue weighted by molar-refractivity contribution is 7.13. The second-order valence-electron chi connectivity index (χ2n) is 3.31. The maximum atomic E-state index is 4.49. The molecule has 1 aromatic heterocycles. The van der Waals surface area contributed by atoms with Crippen LogP contribution in [0.2, 0.25) is 0 Å². The van der Waals surface area contributed by atoms with E-state index in [2.05, 4.69) is 22.6 Å². The minimum Gasteiger partial charge on any atom is -0.359 e. The smallest absolute Gasteiger partial charge is 0.183 e. The standard InChI is InChI=1S/C9H14N2S/c1-2-3-8-6-12-9(11-8)10-7-4-5-7/h6-7H,2-5H2,1H3,(H,10,11). The zero-order valence-electron chi connectivity index (χ0n) is 7.34. The van der Waals surface area contributed by atoms with E-state index < -0.39 is 0 Å². The van der Waals surface area contributed by atoms with E-state index in [1.165, 1.54) is 25.0 Å². The Morgan fingerprint density at radius 3 is 3.17 bits per heavy atom. The molecule has 1 aromatic rings. The molecular formula is C9H14N2S. The lowest BCUT2D eigenvalue weighted by molar-refractivity contribution is 0.892. The van der Waals surface area contributed by atoms with Gasteiger partial charge in [0.1, 0.15) is 0 Å². The Morgan fingerprint density at radius 2 is 2.50 bits per heavy atom. The van der Waals surface area contributed by atoms with Crippen LogP contribution >= 0.6 is 11.3 Å². The normalized spacial score (nSPS) is 16.4. The number of nitrogens with zero attached hydrogens (tertiary/aromatic N) is 1. The van der Waals surface area contributed by atoms with Gasteiger partial charge in [-0.25, -0.2) is 4.98 Å². The maximum absolute atomic E-state index is 4.49. The SMILES string of the molecule is CCCc1csc(NC2CC2)n1. The van der Waals surface area contributed by atoms with Gasteiger partial charge in [0.15, 0.2) is 5.13 Å². The average Bonchev–Trinajstić information content (AvgIpc) is 2.74. The van der Waals surface area contributed by atoms with Gasteiger partial charge in [0.2, 0.25) is 0 Å². The number of aromatic nitrogens is 1. The van der Waals surface area contributed by atoms with Crippen molar-refractivity contribution in [2.24, 2.45) is 0 Å². The highest BCUT2D eigenvalue weighted by atomic mass is 32.1. The fourth-order valence-electron chi connectivity index (χ4n) is 1.15. The molecule has 0 amide bonds. The Balaban J connectivity index is 1.92. The van der Waals surface area contributed by atoms with Crippen LogP contribution in [0.4, 0.5) is 5.13 Å². The maximum Gasteiger partial charge on any atom is 0.183 e. The summed E-state index contributed by atoms with van der Waals surface area (Å²) < 4.78 is 0. The predicted octanol–water partition coefficient (Wildman–Crippen LogP) is 2.67. The second kappa shape index (κ2) is 3.44. The zero-order chi connectivity index (χ0) is 8.39. The molecule has 0 spiro atoms. The van der Waals surface area contributed by atoms with Crippen molar-refractivity contribution in [1.29, 1.82) is 0 Å². The lowest BCUT2D eigenvalue weighted by atomic mass is 10.3. The molecule has 0 aromatic carbocycles. The molecule has 1 fully saturated rings. The molecule has 0 saturated heterocycles. The first kappa shape index (κ1) is 8.05. The van der Waals surface area contributed by atoms with Gasteiger partial charge in [-0.1, -0.05) is 13.3 Å². The molecule has 0 atom stereocenters. The number of rotatable bonds is 4. The molecule has 3 heteroatoms. The Hall–Kier alpha value is -0.570. The minimum absolute atomic E-state index is 0.727. The molecule has 0 bridgehead atoms. The summed E-state index contributed by atoms with van der Waals surface area (Å²) in [5.74, 6) is 0. The quantitative estimate of drug-likeness (QED) is 0.774. The summed E-state index contributed by atoms with van der Waals surface area (Å²) in [5, 5.41) is 6.67. The second-order valence-corrected chi connectivity index (χ2v) is 4.17. The summed E-state index contributed by atoms with van der Waals surface area (Å²) in [4.78, 5) is 4.49. The van der Waals surface area contributed by atoms with Crippen molar-refractivity contribution in [3.05, 3.63) is 11.1 Å². The molecule has 0 radical (unpaired) electrons. The first-order valence-electron chi connectivity index (χ1n) is 4.59. The van der Waals surface area contributed by atoms with Crippen LogP contribution in [-0.2, 0) is 6.42 Å². The largest absolute Gasteiger partial charge is 0.359 e. The van der Waals surface area contributed by atoms with E-state index >= 15 is 0 Å². The summed E-state index contributed by atoms with van der Waals surface area (Å²) in [6, 6.07) is 0.727. The number of anilines is 1. The molecule has 1 saturated carbocycles. The number of aryl methyl sites for hydroxylation is 1. The van der Waals surface area contributed by atoms with Crippen molar-refractivity contribution in [2.45, 2.75) is 38.6 Å². The van der Waals surface area contributed by atoms with E-state index in [1.807, 2.05) is 0 Å². The van der Waals surface area contributed by atoms with E-state index in [1.54, 1.807) is 11.3 Å². The first-order chi connectivity index (χ1) is 5.88. The van der Waals surface area contributed by atoms with Crippen molar-refractivity contribution < 1.29 is 0 Å². The lowest BCUT2D eigenvalue weighted by Gasteiger charge is -1.95. The fourth-order valence-corrected chi connectivity index (χ4v) is 1.97. The van der Waals surface area contributed by atoms with Gasteiger partial charge in [-0.3, -0.25) is 0 Å². The van der Waals surface area contributed by atoms with Gasteiger partial charge in [-0.2, -0.15) is 0 Å². The van der Waals surface area contributed by atoms with Crippen molar-refractivity contribution in [3.8, 4) is 0 Å². The molecule has 66 valence electrons. The highest BCUT2D eigenvalue weighted by Crippen LogP contribution is 2.26. The van der Waals surface area contributed by atoms with Gasteiger partial charge in [0.05, 0.1) is 5.69 Å². The summed E-state index contributed by atoms with van der Waals surface area (Å²) >= 11 is 1.74. The molecular weight excluding hydrogens is 168 g/mol.